The van der Waals surface area contributed by atoms with E-state index >= 15 is 0 Å². The molecular formula is C17H24N2O2. The minimum atomic E-state index is -0.163. The van der Waals surface area contributed by atoms with Crippen LogP contribution in [-0.2, 0) is 4.79 Å². The maximum Gasteiger partial charge on any atom is 0.223 e. The number of amides is 1. The first-order valence-electron chi connectivity index (χ1n) is 7.84. The van der Waals surface area contributed by atoms with Crippen LogP contribution < -0.4 is 15.4 Å². The SMILES string of the molecule is CC1(C)CC(NCCNC(=O)C2CC2)c2ccccc2O1. The molecule has 1 heterocycles. The van der Waals surface area contributed by atoms with Gasteiger partial charge in [0.2, 0.25) is 5.91 Å². The van der Waals surface area contributed by atoms with Crippen molar-refractivity contribution < 1.29 is 9.53 Å². The molecule has 1 atom stereocenters. The van der Waals surface area contributed by atoms with Crippen LogP contribution in [0.5, 0.6) is 5.75 Å². The summed E-state index contributed by atoms with van der Waals surface area (Å²) in [6, 6.07) is 8.48. The molecule has 1 aliphatic heterocycles. The average Bonchev–Trinajstić information content (AvgIpc) is 3.26. The second-order valence-corrected chi connectivity index (χ2v) is 6.68. The number of rotatable bonds is 5. The van der Waals surface area contributed by atoms with Gasteiger partial charge in [-0.25, -0.2) is 0 Å². The molecule has 0 aromatic heterocycles. The molecule has 4 heteroatoms. The van der Waals surface area contributed by atoms with Crippen molar-refractivity contribution in [2.45, 2.75) is 44.8 Å². The number of carbonyl (C=O) groups is 1. The fraction of sp³-hybridized carbons (Fsp3) is 0.588. The molecule has 1 amide bonds. The van der Waals surface area contributed by atoms with Crippen molar-refractivity contribution in [3.05, 3.63) is 29.8 Å². The van der Waals surface area contributed by atoms with E-state index in [1.165, 1.54) is 5.56 Å². The molecular weight excluding hydrogens is 264 g/mol. The van der Waals surface area contributed by atoms with Gasteiger partial charge in [-0.2, -0.15) is 0 Å². The Hall–Kier alpha value is -1.55. The lowest BCUT2D eigenvalue weighted by Gasteiger charge is -2.38. The average molecular weight is 288 g/mol. The van der Waals surface area contributed by atoms with Crippen molar-refractivity contribution in [3.63, 3.8) is 0 Å². The first-order valence-corrected chi connectivity index (χ1v) is 7.84. The second-order valence-electron chi connectivity index (χ2n) is 6.68. The van der Waals surface area contributed by atoms with Gasteiger partial charge in [-0.1, -0.05) is 18.2 Å². The van der Waals surface area contributed by atoms with Gasteiger partial charge in [0.05, 0.1) is 0 Å². The van der Waals surface area contributed by atoms with Crippen molar-refractivity contribution in [1.82, 2.24) is 10.6 Å². The van der Waals surface area contributed by atoms with Crippen LogP contribution >= 0.6 is 0 Å². The molecule has 0 radical (unpaired) electrons. The monoisotopic (exact) mass is 288 g/mol. The van der Waals surface area contributed by atoms with Gasteiger partial charge in [-0.05, 0) is 32.8 Å². The first kappa shape index (κ1) is 14.4. The standard InChI is InChI=1S/C17H24N2O2/c1-17(2)11-14(13-5-3-4-6-15(13)21-17)18-9-10-19-16(20)12-7-8-12/h3-6,12,14,18H,7-11H2,1-2H3,(H,19,20). The van der Waals surface area contributed by atoms with E-state index in [4.69, 9.17) is 4.74 Å². The second kappa shape index (κ2) is 5.68. The zero-order valence-corrected chi connectivity index (χ0v) is 12.8. The lowest BCUT2D eigenvalue weighted by atomic mass is 9.90. The number of hydrogen-bond donors (Lipinski definition) is 2. The van der Waals surface area contributed by atoms with E-state index in [1.54, 1.807) is 0 Å². The van der Waals surface area contributed by atoms with Crippen molar-refractivity contribution in [3.8, 4) is 5.75 Å². The summed E-state index contributed by atoms with van der Waals surface area (Å²) in [6.07, 6.45) is 3.04. The van der Waals surface area contributed by atoms with Crippen LogP contribution in [0.15, 0.2) is 24.3 Å². The predicted octanol–water partition coefficient (Wildman–Crippen LogP) is 2.40. The minimum Gasteiger partial charge on any atom is -0.487 e. The molecule has 0 spiro atoms. The zero-order valence-electron chi connectivity index (χ0n) is 12.8. The molecule has 1 aliphatic carbocycles. The lowest BCUT2D eigenvalue weighted by Crippen LogP contribution is -2.41. The normalized spacial score (nSPS) is 23.0. The first-order chi connectivity index (χ1) is 10.1. The topological polar surface area (TPSA) is 50.4 Å². The Balaban J connectivity index is 1.55. The number of carbonyl (C=O) groups excluding carboxylic acids is 1. The van der Waals surface area contributed by atoms with Crippen LogP contribution in [0.3, 0.4) is 0 Å². The van der Waals surface area contributed by atoms with Crippen molar-refractivity contribution in [1.29, 1.82) is 0 Å². The largest absolute Gasteiger partial charge is 0.487 e. The van der Waals surface area contributed by atoms with Crippen LogP contribution in [0, 0.1) is 5.92 Å². The Morgan fingerprint density at radius 2 is 2.05 bits per heavy atom. The number of nitrogens with one attached hydrogen (secondary N) is 2. The van der Waals surface area contributed by atoms with E-state index in [2.05, 4.69) is 30.5 Å². The highest BCUT2D eigenvalue weighted by Gasteiger charge is 2.33. The Morgan fingerprint density at radius 1 is 1.29 bits per heavy atom. The molecule has 1 aromatic carbocycles. The Bertz CT molecular complexity index is 523. The van der Waals surface area contributed by atoms with Crippen LogP contribution in [0.4, 0.5) is 0 Å². The third kappa shape index (κ3) is 3.56. The Kier molecular flexibility index (Phi) is 3.89. The van der Waals surface area contributed by atoms with Gasteiger partial charge in [0.1, 0.15) is 11.4 Å². The zero-order chi connectivity index (χ0) is 14.9. The van der Waals surface area contributed by atoms with Gasteiger partial charge in [-0.3, -0.25) is 4.79 Å². The molecule has 1 unspecified atom stereocenters. The van der Waals surface area contributed by atoms with Gasteiger partial charge >= 0.3 is 0 Å². The third-order valence-corrected chi connectivity index (χ3v) is 4.14. The number of para-hydroxylation sites is 1. The molecule has 0 saturated heterocycles. The summed E-state index contributed by atoms with van der Waals surface area (Å²) in [4.78, 5) is 11.6. The van der Waals surface area contributed by atoms with Crippen LogP contribution in [0.25, 0.3) is 0 Å². The summed E-state index contributed by atoms with van der Waals surface area (Å²) < 4.78 is 6.02. The number of benzene rings is 1. The van der Waals surface area contributed by atoms with Gasteiger partial charge in [0.15, 0.2) is 0 Å². The number of fused-ring (bicyclic) bond motifs is 1. The highest BCUT2D eigenvalue weighted by atomic mass is 16.5. The van der Waals surface area contributed by atoms with Gasteiger partial charge in [0.25, 0.3) is 0 Å². The van der Waals surface area contributed by atoms with E-state index in [0.717, 1.165) is 31.6 Å². The summed E-state index contributed by atoms with van der Waals surface area (Å²) in [5.41, 5.74) is 1.05. The maximum absolute atomic E-state index is 11.6. The summed E-state index contributed by atoms with van der Waals surface area (Å²) in [5, 5.41) is 6.55. The molecule has 1 aromatic rings. The Labute approximate surface area is 126 Å². The van der Waals surface area contributed by atoms with Crippen LogP contribution in [-0.4, -0.2) is 24.6 Å². The molecule has 4 nitrogen and oxygen atoms in total. The lowest BCUT2D eigenvalue weighted by molar-refractivity contribution is -0.122. The summed E-state index contributed by atoms with van der Waals surface area (Å²) >= 11 is 0. The predicted molar refractivity (Wildman–Crippen MR) is 82.2 cm³/mol. The van der Waals surface area contributed by atoms with Crippen LogP contribution in [0.2, 0.25) is 0 Å². The van der Waals surface area contributed by atoms with Gasteiger partial charge in [-0.15, -0.1) is 0 Å². The molecule has 0 bridgehead atoms. The van der Waals surface area contributed by atoms with E-state index in [1.807, 2.05) is 18.2 Å². The number of ether oxygens (including phenoxy) is 1. The van der Waals surface area contributed by atoms with E-state index < -0.39 is 0 Å². The van der Waals surface area contributed by atoms with E-state index in [9.17, 15) is 4.79 Å². The molecule has 114 valence electrons. The highest BCUT2D eigenvalue weighted by molar-refractivity contribution is 5.80. The summed E-state index contributed by atoms with van der Waals surface area (Å²) in [7, 11) is 0. The van der Waals surface area contributed by atoms with Gasteiger partial charge in [0, 0.05) is 37.0 Å². The molecule has 2 N–H and O–H groups in total. The Morgan fingerprint density at radius 3 is 2.81 bits per heavy atom. The van der Waals surface area contributed by atoms with Crippen LogP contribution in [0.1, 0.15) is 44.7 Å². The molecule has 21 heavy (non-hydrogen) atoms. The minimum absolute atomic E-state index is 0.163. The van der Waals surface area contributed by atoms with E-state index in [-0.39, 0.29) is 23.5 Å². The highest BCUT2D eigenvalue weighted by Crippen LogP contribution is 2.39. The summed E-state index contributed by atoms with van der Waals surface area (Å²) in [5.74, 6) is 1.46. The quantitative estimate of drug-likeness (QED) is 0.818. The summed E-state index contributed by atoms with van der Waals surface area (Å²) in [6.45, 7) is 5.71. The molecule has 1 fully saturated rings. The molecule has 2 aliphatic rings. The van der Waals surface area contributed by atoms with E-state index in [0.29, 0.717) is 6.54 Å². The van der Waals surface area contributed by atoms with Gasteiger partial charge < -0.3 is 15.4 Å². The molecule has 3 rings (SSSR count). The van der Waals surface area contributed by atoms with Crippen molar-refractivity contribution in [2.24, 2.45) is 5.92 Å². The fourth-order valence-electron chi connectivity index (χ4n) is 2.91. The smallest absolute Gasteiger partial charge is 0.223 e. The maximum atomic E-state index is 11.6. The van der Waals surface area contributed by atoms with Crippen molar-refractivity contribution in [2.75, 3.05) is 13.1 Å². The fourth-order valence-corrected chi connectivity index (χ4v) is 2.91. The third-order valence-electron chi connectivity index (χ3n) is 4.14. The van der Waals surface area contributed by atoms with Crippen molar-refractivity contribution >= 4 is 5.91 Å². The molecule has 1 saturated carbocycles. The number of hydrogen-bond acceptors (Lipinski definition) is 3.